The molecule has 1 spiro atoms. The SMILES string of the molecule is CCC1CC2(C(N)=S)CC3(c4ccccc4)CC123. The van der Waals surface area contributed by atoms with Crippen molar-refractivity contribution in [2.75, 3.05) is 0 Å². The van der Waals surface area contributed by atoms with Crippen molar-refractivity contribution in [2.24, 2.45) is 22.5 Å². The van der Waals surface area contributed by atoms with Gasteiger partial charge in [0.2, 0.25) is 0 Å². The van der Waals surface area contributed by atoms with E-state index >= 15 is 0 Å². The Kier molecular flexibility index (Phi) is 1.82. The highest BCUT2D eigenvalue weighted by atomic mass is 32.1. The van der Waals surface area contributed by atoms with E-state index in [4.69, 9.17) is 18.0 Å². The van der Waals surface area contributed by atoms with E-state index in [9.17, 15) is 0 Å². The summed E-state index contributed by atoms with van der Waals surface area (Å²) in [5.41, 5.74) is 8.69. The summed E-state index contributed by atoms with van der Waals surface area (Å²) >= 11 is 5.39. The molecule has 1 nitrogen and oxygen atoms in total. The topological polar surface area (TPSA) is 26.0 Å². The Morgan fingerprint density at radius 1 is 1.33 bits per heavy atom. The Hall–Kier alpha value is -0.890. The molecule has 0 aliphatic heterocycles. The molecule has 4 rings (SSSR count). The molecule has 3 fully saturated rings. The van der Waals surface area contributed by atoms with Crippen LogP contribution in [0.1, 0.15) is 38.2 Å². The normalized spacial score (nSPS) is 47.3. The molecule has 1 aromatic rings. The summed E-state index contributed by atoms with van der Waals surface area (Å²) in [4.78, 5) is 0.788. The van der Waals surface area contributed by atoms with Gasteiger partial charge in [0.15, 0.2) is 0 Å². The average Bonchev–Trinajstić information content (AvgIpc) is 3.03. The van der Waals surface area contributed by atoms with E-state index in [0.29, 0.717) is 10.8 Å². The molecule has 0 amide bonds. The summed E-state index contributed by atoms with van der Waals surface area (Å²) in [6.07, 6.45) is 5.04. The Bertz CT molecular complexity index is 539. The third kappa shape index (κ3) is 0.833. The number of hydrogen-bond donors (Lipinski definition) is 1. The van der Waals surface area contributed by atoms with Gasteiger partial charge >= 0.3 is 0 Å². The molecule has 94 valence electrons. The number of nitrogens with two attached hydrogens (primary N) is 1. The van der Waals surface area contributed by atoms with Crippen LogP contribution in [-0.4, -0.2) is 4.99 Å². The van der Waals surface area contributed by atoms with Gasteiger partial charge in [0.05, 0.1) is 4.99 Å². The Labute approximate surface area is 114 Å². The highest BCUT2D eigenvalue weighted by molar-refractivity contribution is 7.80. The van der Waals surface area contributed by atoms with Gasteiger partial charge < -0.3 is 5.73 Å². The molecule has 18 heavy (non-hydrogen) atoms. The van der Waals surface area contributed by atoms with Gasteiger partial charge in [-0.25, -0.2) is 0 Å². The minimum atomic E-state index is 0.221. The van der Waals surface area contributed by atoms with Crippen molar-refractivity contribution in [1.82, 2.24) is 0 Å². The standard InChI is InChI=1S/C16H19NS/c1-2-11-8-14(13(17)18)9-15(10-16(11,14)15)12-6-4-3-5-7-12/h3-7,11H,2,8-10H2,1H3,(H2,17,18). The highest BCUT2D eigenvalue weighted by Crippen LogP contribution is 2.95. The minimum Gasteiger partial charge on any atom is -0.393 e. The molecule has 1 aromatic carbocycles. The summed E-state index contributed by atoms with van der Waals surface area (Å²) in [7, 11) is 0. The minimum absolute atomic E-state index is 0.221. The van der Waals surface area contributed by atoms with Crippen molar-refractivity contribution in [3.63, 3.8) is 0 Å². The summed E-state index contributed by atoms with van der Waals surface area (Å²) in [5, 5.41) is 0. The van der Waals surface area contributed by atoms with Crippen molar-refractivity contribution in [2.45, 2.75) is 38.0 Å². The second-order valence-corrected chi connectivity index (χ2v) is 6.97. The molecule has 2 heteroatoms. The third-order valence-electron chi connectivity index (χ3n) is 6.35. The van der Waals surface area contributed by atoms with Crippen LogP contribution in [0.15, 0.2) is 30.3 Å². The molecule has 3 aliphatic carbocycles. The molecule has 4 atom stereocenters. The molecule has 3 aliphatic rings. The van der Waals surface area contributed by atoms with Crippen molar-refractivity contribution in [3.8, 4) is 0 Å². The lowest BCUT2D eigenvalue weighted by Gasteiger charge is -2.67. The first-order valence-electron chi connectivity index (χ1n) is 6.98. The van der Waals surface area contributed by atoms with Crippen LogP contribution in [-0.2, 0) is 5.41 Å². The van der Waals surface area contributed by atoms with E-state index in [2.05, 4.69) is 37.3 Å². The first-order valence-corrected chi connectivity index (χ1v) is 7.39. The Morgan fingerprint density at radius 2 is 2.06 bits per heavy atom. The first-order chi connectivity index (χ1) is 8.63. The molecule has 4 unspecified atom stereocenters. The van der Waals surface area contributed by atoms with Crippen LogP contribution in [0.5, 0.6) is 0 Å². The summed E-state index contributed by atoms with van der Waals surface area (Å²) in [5.74, 6) is 0.841. The predicted molar refractivity (Wildman–Crippen MR) is 77.4 cm³/mol. The Morgan fingerprint density at radius 3 is 2.67 bits per heavy atom. The van der Waals surface area contributed by atoms with Gasteiger partial charge in [0.25, 0.3) is 0 Å². The molecule has 0 aromatic heterocycles. The zero-order valence-electron chi connectivity index (χ0n) is 10.8. The number of thiocarbonyl (C=S) groups is 1. The Balaban J connectivity index is 1.76. The number of rotatable bonds is 3. The molecular formula is C16H19NS. The maximum Gasteiger partial charge on any atom is 0.0796 e. The van der Waals surface area contributed by atoms with Crippen molar-refractivity contribution >= 4 is 17.2 Å². The van der Waals surface area contributed by atoms with Gasteiger partial charge in [-0.05, 0) is 36.2 Å². The summed E-state index contributed by atoms with van der Waals surface area (Å²) < 4.78 is 0. The largest absolute Gasteiger partial charge is 0.393 e. The van der Waals surface area contributed by atoms with Gasteiger partial charge in [-0.15, -0.1) is 0 Å². The van der Waals surface area contributed by atoms with Crippen LogP contribution >= 0.6 is 12.2 Å². The van der Waals surface area contributed by atoms with E-state index in [-0.39, 0.29) is 5.41 Å². The summed E-state index contributed by atoms with van der Waals surface area (Å²) in [6, 6.07) is 11.0. The lowest BCUT2D eigenvalue weighted by Crippen LogP contribution is -2.67. The fourth-order valence-electron chi connectivity index (χ4n) is 5.61. The van der Waals surface area contributed by atoms with Gasteiger partial charge in [0.1, 0.15) is 0 Å². The van der Waals surface area contributed by atoms with E-state index in [1.807, 2.05) is 0 Å². The molecular weight excluding hydrogens is 238 g/mol. The molecule has 0 saturated heterocycles. The zero-order chi connectivity index (χ0) is 12.6. The van der Waals surface area contributed by atoms with E-state index in [0.717, 1.165) is 10.9 Å². The van der Waals surface area contributed by atoms with Crippen LogP contribution in [0.2, 0.25) is 0 Å². The zero-order valence-corrected chi connectivity index (χ0v) is 11.6. The third-order valence-corrected chi connectivity index (χ3v) is 6.74. The van der Waals surface area contributed by atoms with E-state index in [1.165, 1.54) is 31.2 Å². The lowest BCUT2D eigenvalue weighted by molar-refractivity contribution is -0.112. The number of hydrogen-bond acceptors (Lipinski definition) is 1. The van der Waals surface area contributed by atoms with Crippen molar-refractivity contribution in [1.29, 1.82) is 0 Å². The van der Waals surface area contributed by atoms with Gasteiger partial charge in [0, 0.05) is 10.8 Å². The van der Waals surface area contributed by atoms with Crippen molar-refractivity contribution in [3.05, 3.63) is 35.9 Å². The second kappa shape index (κ2) is 2.98. The lowest BCUT2D eigenvalue weighted by atomic mass is 9.36. The molecule has 0 radical (unpaired) electrons. The fraction of sp³-hybridized carbons (Fsp3) is 0.562. The highest BCUT2D eigenvalue weighted by Gasteiger charge is 2.93. The van der Waals surface area contributed by atoms with Crippen LogP contribution in [0.3, 0.4) is 0 Å². The maximum atomic E-state index is 6.07. The maximum absolute atomic E-state index is 6.07. The van der Waals surface area contributed by atoms with Crippen molar-refractivity contribution < 1.29 is 0 Å². The van der Waals surface area contributed by atoms with E-state index in [1.54, 1.807) is 0 Å². The molecule has 0 bridgehead atoms. The molecule has 3 saturated carbocycles. The van der Waals surface area contributed by atoms with Crippen LogP contribution < -0.4 is 5.73 Å². The van der Waals surface area contributed by atoms with Gasteiger partial charge in [-0.2, -0.15) is 0 Å². The number of benzene rings is 1. The quantitative estimate of drug-likeness (QED) is 0.840. The second-order valence-electron chi connectivity index (χ2n) is 6.53. The smallest absolute Gasteiger partial charge is 0.0796 e. The fourth-order valence-corrected chi connectivity index (χ4v) is 5.95. The molecule has 2 N–H and O–H groups in total. The van der Waals surface area contributed by atoms with E-state index < -0.39 is 0 Å². The predicted octanol–water partition coefficient (Wildman–Crippen LogP) is 3.42. The van der Waals surface area contributed by atoms with Crippen LogP contribution in [0.4, 0.5) is 0 Å². The van der Waals surface area contributed by atoms with Crippen LogP contribution in [0, 0.1) is 16.7 Å². The van der Waals surface area contributed by atoms with Gasteiger partial charge in [-0.3, -0.25) is 0 Å². The summed E-state index contributed by atoms with van der Waals surface area (Å²) in [6.45, 7) is 2.31. The molecule has 0 heterocycles. The van der Waals surface area contributed by atoms with Crippen LogP contribution in [0.25, 0.3) is 0 Å². The average molecular weight is 257 g/mol. The monoisotopic (exact) mass is 257 g/mol. The van der Waals surface area contributed by atoms with Gasteiger partial charge in [-0.1, -0.05) is 55.9 Å². The first kappa shape index (κ1) is 11.0.